The number of amides is 1. The number of rotatable bonds is 9. The van der Waals surface area contributed by atoms with Crippen LogP contribution in [0.15, 0.2) is 82.2 Å². The van der Waals surface area contributed by atoms with Gasteiger partial charge in [-0.2, -0.15) is 0 Å². The molecule has 0 heterocycles. The molecule has 1 atom stereocenters. The van der Waals surface area contributed by atoms with Gasteiger partial charge in [-0.05, 0) is 64.7 Å². The van der Waals surface area contributed by atoms with E-state index < -0.39 is 10.0 Å². The Hall–Kier alpha value is -2.84. The SMILES string of the molecule is COc1ccc(S(=O)(=O)N(CC(=O)NC[C@@H](C)c2ccccc2)c2ccc(C)cc2)cc1Br. The van der Waals surface area contributed by atoms with Crippen LogP contribution < -0.4 is 14.4 Å². The summed E-state index contributed by atoms with van der Waals surface area (Å²) in [6, 6.07) is 21.4. The lowest BCUT2D eigenvalue weighted by molar-refractivity contribution is -0.119. The average Bonchev–Trinajstić information content (AvgIpc) is 2.82. The molecule has 0 bridgehead atoms. The minimum absolute atomic E-state index is 0.0567. The summed E-state index contributed by atoms with van der Waals surface area (Å²) in [4.78, 5) is 12.9. The number of methoxy groups -OCH3 is 1. The van der Waals surface area contributed by atoms with Gasteiger partial charge < -0.3 is 10.1 Å². The van der Waals surface area contributed by atoms with Crippen molar-refractivity contribution in [1.29, 1.82) is 0 Å². The number of nitrogens with zero attached hydrogens (tertiary/aromatic N) is 1. The molecule has 1 amide bonds. The maximum absolute atomic E-state index is 13.5. The van der Waals surface area contributed by atoms with Crippen molar-refractivity contribution in [2.45, 2.75) is 24.7 Å². The first-order valence-corrected chi connectivity index (χ1v) is 12.7. The zero-order valence-electron chi connectivity index (χ0n) is 18.8. The number of aryl methyl sites for hydroxylation is 1. The van der Waals surface area contributed by atoms with E-state index in [1.54, 1.807) is 18.2 Å². The van der Waals surface area contributed by atoms with Gasteiger partial charge in [0, 0.05) is 6.54 Å². The summed E-state index contributed by atoms with van der Waals surface area (Å²) < 4.78 is 33.9. The summed E-state index contributed by atoms with van der Waals surface area (Å²) in [5.74, 6) is 0.232. The predicted octanol–water partition coefficient (Wildman–Crippen LogP) is 4.88. The van der Waals surface area contributed by atoms with Crippen LogP contribution in [0.25, 0.3) is 0 Å². The minimum Gasteiger partial charge on any atom is -0.496 e. The van der Waals surface area contributed by atoms with E-state index >= 15 is 0 Å². The van der Waals surface area contributed by atoms with Gasteiger partial charge in [-0.3, -0.25) is 9.10 Å². The standard InChI is InChI=1S/C25H27BrN2O4S/c1-18-9-11-21(12-10-18)28(33(30,31)22-13-14-24(32-3)23(26)15-22)17-25(29)27-16-19(2)20-7-5-4-6-8-20/h4-15,19H,16-17H2,1-3H3,(H,27,29)/t19-/m1/s1. The van der Waals surface area contributed by atoms with Crippen molar-refractivity contribution >= 4 is 37.5 Å². The topological polar surface area (TPSA) is 75.7 Å². The monoisotopic (exact) mass is 530 g/mol. The van der Waals surface area contributed by atoms with Gasteiger partial charge in [0.2, 0.25) is 5.91 Å². The van der Waals surface area contributed by atoms with E-state index in [2.05, 4.69) is 21.2 Å². The molecule has 0 aliphatic heterocycles. The number of carbonyl (C=O) groups is 1. The lowest BCUT2D eigenvalue weighted by atomic mass is 10.0. The van der Waals surface area contributed by atoms with Crippen molar-refractivity contribution in [2.75, 3.05) is 24.5 Å². The van der Waals surface area contributed by atoms with Crippen LogP contribution in [0.3, 0.4) is 0 Å². The number of anilines is 1. The molecule has 0 saturated heterocycles. The molecule has 0 spiro atoms. The number of halogens is 1. The van der Waals surface area contributed by atoms with Gasteiger partial charge in [-0.15, -0.1) is 0 Å². The second kappa shape index (κ2) is 10.9. The Labute approximate surface area is 203 Å². The summed E-state index contributed by atoms with van der Waals surface area (Å²) in [7, 11) is -2.51. The number of ether oxygens (including phenoxy) is 1. The Kier molecular flexibility index (Phi) is 8.15. The number of sulfonamides is 1. The van der Waals surface area contributed by atoms with Gasteiger partial charge in [0.05, 0.1) is 22.2 Å². The average molecular weight is 531 g/mol. The predicted molar refractivity (Wildman–Crippen MR) is 134 cm³/mol. The van der Waals surface area contributed by atoms with E-state index in [4.69, 9.17) is 4.74 Å². The van der Waals surface area contributed by atoms with Crippen molar-refractivity contribution in [2.24, 2.45) is 0 Å². The molecule has 0 aliphatic carbocycles. The lowest BCUT2D eigenvalue weighted by Crippen LogP contribution is -2.41. The minimum atomic E-state index is -4.01. The first-order valence-electron chi connectivity index (χ1n) is 10.5. The normalized spacial score (nSPS) is 12.1. The Bertz CT molecular complexity index is 1200. The molecular weight excluding hydrogens is 504 g/mol. The Morgan fingerprint density at radius 3 is 2.33 bits per heavy atom. The molecule has 3 rings (SSSR count). The van der Waals surface area contributed by atoms with Crippen LogP contribution in [0.4, 0.5) is 5.69 Å². The Morgan fingerprint density at radius 1 is 1.06 bits per heavy atom. The second-order valence-electron chi connectivity index (χ2n) is 7.76. The van der Waals surface area contributed by atoms with Crippen molar-refractivity contribution in [1.82, 2.24) is 5.32 Å². The highest BCUT2D eigenvalue weighted by Crippen LogP contribution is 2.30. The molecule has 0 aromatic heterocycles. The fourth-order valence-corrected chi connectivity index (χ4v) is 5.45. The maximum Gasteiger partial charge on any atom is 0.264 e. The highest BCUT2D eigenvalue weighted by molar-refractivity contribution is 9.10. The molecule has 8 heteroatoms. The smallest absolute Gasteiger partial charge is 0.264 e. The lowest BCUT2D eigenvalue weighted by Gasteiger charge is -2.25. The van der Waals surface area contributed by atoms with Crippen molar-refractivity contribution in [3.8, 4) is 5.75 Å². The molecule has 0 fully saturated rings. The second-order valence-corrected chi connectivity index (χ2v) is 10.5. The molecule has 0 radical (unpaired) electrons. The number of hydrogen-bond acceptors (Lipinski definition) is 4. The van der Waals surface area contributed by atoms with Gasteiger partial charge in [0.25, 0.3) is 10.0 Å². The number of nitrogens with one attached hydrogen (secondary N) is 1. The number of benzene rings is 3. The van der Waals surface area contributed by atoms with Crippen LogP contribution in [0.5, 0.6) is 5.75 Å². The van der Waals surface area contributed by atoms with Crippen LogP contribution in [0, 0.1) is 6.92 Å². The Balaban J connectivity index is 1.84. The van der Waals surface area contributed by atoms with E-state index in [1.807, 2.05) is 56.3 Å². The van der Waals surface area contributed by atoms with Gasteiger partial charge in [-0.25, -0.2) is 8.42 Å². The first-order chi connectivity index (χ1) is 15.7. The summed E-state index contributed by atoms with van der Waals surface area (Å²) in [5, 5.41) is 2.87. The summed E-state index contributed by atoms with van der Waals surface area (Å²) in [6.07, 6.45) is 0. The van der Waals surface area contributed by atoms with E-state index in [9.17, 15) is 13.2 Å². The van der Waals surface area contributed by atoms with E-state index in [0.717, 1.165) is 15.4 Å². The fourth-order valence-electron chi connectivity index (χ4n) is 3.31. The van der Waals surface area contributed by atoms with Crippen molar-refractivity contribution in [3.63, 3.8) is 0 Å². The third-order valence-electron chi connectivity index (χ3n) is 5.29. The zero-order chi connectivity index (χ0) is 24.0. The highest BCUT2D eigenvalue weighted by Gasteiger charge is 2.28. The third kappa shape index (κ3) is 6.15. The van der Waals surface area contributed by atoms with E-state index in [0.29, 0.717) is 22.5 Å². The first kappa shape index (κ1) is 24.8. The number of carbonyl (C=O) groups excluding carboxylic acids is 1. The van der Waals surface area contributed by atoms with Crippen molar-refractivity contribution < 1.29 is 17.9 Å². The van der Waals surface area contributed by atoms with Crippen LogP contribution >= 0.6 is 15.9 Å². The van der Waals surface area contributed by atoms with Gasteiger partial charge in [0.1, 0.15) is 12.3 Å². The van der Waals surface area contributed by atoms with Gasteiger partial charge in [-0.1, -0.05) is 55.0 Å². The zero-order valence-corrected chi connectivity index (χ0v) is 21.2. The van der Waals surface area contributed by atoms with E-state index in [1.165, 1.54) is 19.2 Å². The highest BCUT2D eigenvalue weighted by atomic mass is 79.9. The van der Waals surface area contributed by atoms with Crippen LogP contribution in [-0.2, 0) is 14.8 Å². The molecule has 0 aliphatic rings. The summed E-state index contributed by atoms with van der Waals surface area (Å²) in [6.45, 7) is 4.00. The Morgan fingerprint density at radius 2 is 1.73 bits per heavy atom. The molecule has 0 unspecified atom stereocenters. The largest absolute Gasteiger partial charge is 0.496 e. The molecule has 174 valence electrons. The molecular formula is C25H27BrN2O4S. The molecule has 3 aromatic rings. The molecule has 0 saturated carbocycles. The van der Waals surface area contributed by atoms with Gasteiger partial charge >= 0.3 is 0 Å². The van der Waals surface area contributed by atoms with Gasteiger partial charge in [0.15, 0.2) is 0 Å². The van der Waals surface area contributed by atoms with Crippen LogP contribution in [0.2, 0.25) is 0 Å². The molecule has 1 N–H and O–H groups in total. The van der Waals surface area contributed by atoms with Crippen LogP contribution in [-0.4, -0.2) is 34.5 Å². The molecule has 3 aromatic carbocycles. The van der Waals surface area contributed by atoms with Crippen molar-refractivity contribution in [3.05, 3.63) is 88.4 Å². The fraction of sp³-hybridized carbons (Fsp3) is 0.240. The summed E-state index contributed by atoms with van der Waals surface area (Å²) >= 11 is 3.34. The number of hydrogen-bond donors (Lipinski definition) is 1. The quantitative estimate of drug-likeness (QED) is 0.427. The maximum atomic E-state index is 13.5. The molecule has 6 nitrogen and oxygen atoms in total. The molecule has 33 heavy (non-hydrogen) atoms. The third-order valence-corrected chi connectivity index (χ3v) is 7.68. The van der Waals surface area contributed by atoms with E-state index in [-0.39, 0.29) is 23.3 Å². The summed E-state index contributed by atoms with van der Waals surface area (Å²) in [5.41, 5.74) is 2.51. The van der Waals surface area contributed by atoms with Crippen LogP contribution in [0.1, 0.15) is 24.0 Å².